The molecule has 0 amide bonds. The highest BCUT2D eigenvalue weighted by molar-refractivity contribution is 7.99. The predicted molar refractivity (Wildman–Crippen MR) is 78.4 cm³/mol. The first-order chi connectivity index (χ1) is 8.24. The molecule has 2 nitrogen and oxygen atoms in total. The summed E-state index contributed by atoms with van der Waals surface area (Å²) in [6, 6.07) is 9.95. The molecule has 2 aromatic rings. The minimum atomic E-state index is 0.0906. The van der Waals surface area contributed by atoms with Gasteiger partial charge in [-0.15, -0.1) is 11.8 Å². The van der Waals surface area contributed by atoms with Crippen LogP contribution >= 0.6 is 24.4 Å². The second-order valence-corrected chi connectivity index (χ2v) is 5.44. The molecule has 0 aliphatic carbocycles. The molecule has 0 radical (unpaired) electrons. The van der Waals surface area contributed by atoms with Crippen LogP contribution in [0.15, 0.2) is 40.0 Å². The zero-order chi connectivity index (χ0) is 12.3. The fraction of sp³-hybridized carbons (Fsp3) is 0.308. The molecular formula is C13H15NOS2. The van der Waals surface area contributed by atoms with Gasteiger partial charge in [-0.2, -0.15) is 12.6 Å². The normalized spacial score (nSPS) is 10.9. The molecule has 90 valence electrons. The van der Waals surface area contributed by atoms with E-state index in [2.05, 4.69) is 12.6 Å². The molecule has 0 aliphatic heterocycles. The molecule has 0 saturated carbocycles. The lowest BCUT2D eigenvalue weighted by Gasteiger charge is -2.07. The number of fused-ring (bicyclic) bond motifs is 1. The third-order valence-corrected chi connectivity index (χ3v) is 4.07. The van der Waals surface area contributed by atoms with E-state index in [1.165, 1.54) is 0 Å². The van der Waals surface area contributed by atoms with Crippen LogP contribution in [0.25, 0.3) is 10.9 Å². The SMILES string of the molecule is Cn1c(=O)c(SCCCS)cc2ccccc21. The van der Waals surface area contributed by atoms with Gasteiger partial charge in [0.1, 0.15) is 0 Å². The third kappa shape index (κ3) is 2.69. The number of hydrogen-bond donors (Lipinski definition) is 1. The summed E-state index contributed by atoms with van der Waals surface area (Å²) in [5, 5.41) is 1.11. The van der Waals surface area contributed by atoms with Gasteiger partial charge in [0.05, 0.1) is 10.4 Å². The lowest BCUT2D eigenvalue weighted by atomic mass is 10.2. The molecule has 17 heavy (non-hydrogen) atoms. The van der Waals surface area contributed by atoms with Crippen LogP contribution in [-0.2, 0) is 7.05 Å². The van der Waals surface area contributed by atoms with Crippen LogP contribution in [0.4, 0.5) is 0 Å². The second kappa shape index (κ2) is 5.65. The number of pyridine rings is 1. The van der Waals surface area contributed by atoms with Gasteiger partial charge in [0.2, 0.25) is 0 Å². The largest absolute Gasteiger partial charge is 0.310 e. The summed E-state index contributed by atoms with van der Waals surface area (Å²) in [6.07, 6.45) is 1.02. The molecule has 0 fully saturated rings. The van der Waals surface area contributed by atoms with Crippen molar-refractivity contribution in [3.05, 3.63) is 40.7 Å². The molecule has 0 spiro atoms. The molecule has 0 N–H and O–H groups in total. The Hall–Kier alpha value is -0.870. The van der Waals surface area contributed by atoms with Crippen molar-refractivity contribution in [2.75, 3.05) is 11.5 Å². The molecule has 0 atom stereocenters. The van der Waals surface area contributed by atoms with Gasteiger partial charge >= 0.3 is 0 Å². The molecular weight excluding hydrogens is 250 g/mol. The van der Waals surface area contributed by atoms with Crippen molar-refractivity contribution >= 4 is 35.3 Å². The van der Waals surface area contributed by atoms with Gasteiger partial charge in [0.15, 0.2) is 0 Å². The quantitative estimate of drug-likeness (QED) is 0.521. The smallest absolute Gasteiger partial charge is 0.264 e. The van der Waals surface area contributed by atoms with Crippen molar-refractivity contribution in [2.45, 2.75) is 11.3 Å². The minimum absolute atomic E-state index is 0.0906. The average molecular weight is 265 g/mol. The van der Waals surface area contributed by atoms with Gasteiger partial charge in [-0.1, -0.05) is 18.2 Å². The van der Waals surface area contributed by atoms with Gasteiger partial charge in [-0.25, -0.2) is 0 Å². The van der Waals surface area contributed by atoms with Crippen LogP contribution in [-0.4, -0.2) is 16.1 Å². The van der Waals surface area contributed by atoms with Crippen LogP contribution in [0.1, 0.15) is 6.42 Å². The van der Waals surface area contributed by atoms with E-state index in [4.69, 9.17) is 0 Å². The molecule has 1 aromatic carbocycles. The van der Waals surface area contributed by atoms with E-state index >= 15 is 0 Å². The van der Waals surface area contributed by atoms with Gasteiger partial charge in [-0.3, -0.25) is 4.79 Å². The fourth-order valence-corrected chi connectivity index (χ4v) is 3.09. The Kier molecular flexibility index (Phi) is 4.18. The monoisotopic (exact) mass is 265 g/mol. The van der Waals surface area contributed by atoms with E-state index in [0.29, 0.717) is 0 Å². The molecule has 2 rings (SSSR count). The maximum Gasteiger partial charge on any atom is 0.264 e. The topological polar surface area (TPSA) is 22.0 Å². The number of aryl methyl sites for hydroxylation is 1. The lowest BCUT2D eigenvalue weighted by molar-refractivity contribution is 0.876. The first-order valence-corrected chi connectivity index (χ1v) is 7.18. The number of thiol groups is 1. The van der Waals surface area contributed by atoms with Gasteiger partial charge in [0, 0.05) is 7.05 Å². The minimum Gasteiger partial charge on any atom is -0.310 e. The van der Waals surface area contributed by atoms with Crippen molar-refractivity contribution in [1.82, 2.24) is 4.57 Å². The van der Waals surface area contributed by atoms with Crippen molar-refractivity contribution in [3.63, 3.8) is 0 Å². The Labute approximate surface area is 110 Å². The van der Waals surface area contributed by atoms with E-state index in [1.807, 2.05) is 37.4 Å². The summed E-state index contributed by atoms with van der Waals surface area (Å²) < 4.78 is 1.72. The number of para-hydroxylation sites is 1. The fourth-order valence-electron chi connectivity index (χ4n) is 1.74. The van der Waals surface area contributed by atoms with E-state index in [1.54, 1.807) is 16.3 Å². The van der Waals surface area contributed by atoms with Crippen LogP contribution in [0.2, 0.25) is 0 Å². The van der Waals surface area contributed by atoms with Crippen molar-refractivity contribution in [1.29, 1.82) is 0 Å². The Bertz CT molecular complexity index is 577. The molecule has 0 saturated heterocycles. The van der Waals surface area contributed by atoms with Crippen LogP contribution in [0.3, 0.4) is 0 Å². The van der Waals surface area contributed by atoms with Gasteiger partial charge in [-0.05, 0) is 35.4 Å². The lowest BCUT2D eigenvalue weighted by Crippen LogP contribution is -2.18. The highest BCUT2D eigenvalue weighted by atomic mass is 32.2. The second-order valence-electron chi connectivity index (χ2n) is 3.86. The molecule has 0 bridgehead atoms. The first-order valence-electron chi connectivity index (χ1n) is 5.56. The molecule has 4 heteroatoms. The average Bonchev–Trinajstić information content (AvgIpc) is 2.35. The number of benzene rings is 1. The highest BCUT2D eigenvalue weighted by Crippen LogP contribution is 2.20. The van der Waals surface area contributed by atoms with E-state index in [-0.39, 0.29) is 5.56 Å². The van der Waals surface area contributed by atoms with Gasteiger partial charge < -0.3 is 4.57 Å². The number of hydrogen-bond acceptors (Lipinski definition) is 3. The first kappa shape index (κ1) is 12.6. The summed E-state index contributed by atoms with van der Waals surface area (Å²) in [7, 11) is 1.83. The van der Waals surface area contributed by atoms with E-state index in [9.17, 15) is 4.79 Å². The molecule has 0 aliphatic rings. The number of rotatable bonds is 4. The van der Waals surface area contributed by atoms with Crippen LogP contribution in [0, 0.1) is 0 Å². The van der Waals surface area contributed by atoms with Crippen LogP contribution in [0.5, 0.6) is 0 Å². The number of nitrogens with zero attached hydrogens (tertiary/aromatic N) is 1. The summed E-state index contributed by atoms with van der Waals surface area (Å²) >= 11 is 5.79. The molecule has 1 aromatic heterocycles. The highest BCUT2D eigenvalue weighted by Gasteiger charge is 2.06. The van der Waals surface area contributed by atoms with E-state index in [0.717, 1.165) is 33.7 Å². The van der Waals surface area contributed by atoms with Crippen molar-refractivity contribution < 1.29 is 0 Å². The zero-order valence-electron chi connectivity index (χ0n) is 9.72. The summed E-state index contributed by atoms with van der Waals surface area (Å²) in [5.74, 6) is 1.80. The molecule has 1 heterocycles. The summed E-state index contributed by atoms with van der Waals surface area (Å²) in [5.41, 5.74) is 1.07. The summed E-state index contributed by atoms with van der Waals surface area (Å²) in [6.45, 7) is 0. The Morgan fingerprint density at radius 2 is 2.12 bits per heavy atom. The zero-order valence-corrected chi connectivity index (χ0v) is 11.4. The standard InChI is InChI=1S/C13H15NOS2/c1-14-11-6-3-2-5-10(11)9-12(13(14)15)17-8-4-7-16/h2-3,5-6,9,16H,4,7-8H2,1H3. The van der Waals surface area contributed by atoms with E-state index < -0.39 is 0 Å². The number of aromatic nitrogens is 1. The third-order valence-electron chi connectivity index (χ3n) is 2.66. The summed E-state index contributed by atoms with van der Waals surface area (Å²) in [4.78, 5) is 12.9. The van der Waals surface area contributed by atoms with Crippen molar-refractivity contribution in [3.8, 4) is 0 Å². The predicted octanol–water partition coefficient (Wildman–Crippen LogP) is 2.95. The van der Waals surface area contributed by atoms with Gasteiger partial charge in [0.25, 0.3) is 5.56 Å². The number of thioether (sulfide) groups is 1. The Morgan fingerprint density at radius 1 is 1.35 bits per heavy atom. The van der Waals surface area contributed by atoms with Crippen molar-refractivity contribution in [2.24, 2.45) is 7.05 Å². The maximum atomic E-state index is 12.1. The Balaban J connectivity index is 2.43. The maximum absolute atomic E-state index is 12.1. The van der Waals surface area contributed by atoms with Crippen LogP contribution < -0.4 is 5.56 Å². The Morgan fingerprint density at radius 3 is 2.88 bits per heavy atom. The molecule has 0 unspecified atom stereocenters.